The van der Waals surface area contributed by atoms with Crippen LogP contribution in [0.15, 0.2) is 10.9 Å². The van der Waals surface area contributed by atoms with Crippen molar-refractivity contribution >= 4 is 21.6 Å². The van der Waals surface area contributed by atoms with Crippen LogP contribution < -0.4 is 5.56 Å². The zero-order chi connectivity index (χ0) is 7.14. The summed E-state index contributed by atoms with van der Waals surface area (Å²) in [5, 5.41) is 5.30. The second kappa shape index (κ2) is 1.73. The van der Waals surface area contributed by atoms with Gasteiger partial charge in [0.1, 0.15) is 4.70 Å². The summed E-state index contributed by atoms with van der Waals surface area (Å²) in [6, 6.07) is 1.96. The third-order valence-electron chi connectivity index (χ3n) is 1.37. The van der Waals surface area contributed by atoms with Gasteiger partial charge in [0.25, 0.3) is 5.56 Å². The lowest BCUT2D eigenvalue weighted by Gasteiger charge is -1.71. The monoisotopic (exact) mass is 154 g/mol. The number of rotatable bonds is 0. The summed E-state index contributed by atoms with van der Waals surface area (Å²) < 4.78 is 0.789. The number of nitrogens with one attached hydrogen (secondary N) is 2. The van der Waals surface area contributed by atoms with Gasteiger partial charge in [-0.25, -0.2) is 0 Å². The van der Waals surface area contributed by atoms with Crippen molar-refractivity contribution in [2.45, 2.75) is 6.92 Å². The Morgan fingerprint density at radius 3 is 3.00 bits per heavy atom. The second-order valence-electron chi connectivity index (χ2n) is 2.18. The number of aryl methyl sites for hydroxylation is 1. The fraction of sp³-hybridized carbons (Fsp3) is 0.167. The van der Waals surface area contributed by atoms with Crippen LogP contribution in [0.4, 0.5) is 0 Å². The summed E-state index contributed by atoms with van der Waals surface area (Å²) in [4.78, 5) is 12.1. The van der Waals surface area contributed by atoms with E-state index in [2.05, 4.69) is 10.2 Å². The second-order valence-corrected chi connectivity index (χ2v) is 3.44. The Morgan fingerprint density at radius 2 is 2.30 bits per heavy atom. The lowest BCUT2D eigenvalue weighted by atomic mass is 10.4. The number of H-pyrrole nitrogens is 2. The van der Waals surface area contributed by atoms with E-state index in [-0.39, 0.29) is 5.56 Å². The molecule has 2 aromatic heterocycles. The maximum atomic E-state index is 10.9. The number of aromatic amines is 2. The van der Waals surface area contributed by atoms with Gasteiger partial charge in [0, 0.05) is 4.88 Å². The van der Waals surface area contributed by atoms with Crippen molar-refractivity contribution < 1.29 is 0 Å². The average Bonchev–Trinajstić information content (AvgIpc) is 2.35. The molecule has 2 heterocycles. The smallest absolute Gasteiger partial charge is 0.281 e. The molecular formula is C6H6N2OS. The van der Waals surface area contributed by atoms with Gasteiger partial charge in [-0.3, -0.25) is 15.0 Å². The lowest BCUT2D eigenvalue weighted by Crippen LogP contribution is -1.95. The molecule has 3 nitrogen and oxygen atoms in total. The Balaban J connectivity index is 3.03. The predicted molar refractivity (Wildman–Crippen MR) is 41.5 cm³/mol. The van der Waals surface area contributed by atoms with Crippen LogP contribution in [0.5, 0.6) is 0 Å². The van der Waals surface area contributed by atoms with E-state index in [9.17, 15) is 4.79 Å². The van der Waals surface area contributed by atoms with Crippen LogP contribution >= 0.6 is 11.3 Å². The molecule has 0 atom stereocenters. The molecule has 0 aliphatic heterocycles. The largest absolute Gasteiger partial charge is 0.297 e. The van der Waals surface area contributed by atoms with Gasteiger partial charge in [-0.1, -0.05) is 0 Å². The average molecular weight is 154 g/mol. The van der Waals surface area contributed by atoms with E-state index in [1.165, 1.54) is 11.3 Å². The van der Waals surface area contributed by atoms with Gasteiger partial charge in [-0.2, -0.15) is 0 Å². The van der Waals surface area contributed by atoms with Gasteiger partial charge in [-0.15, -0.1) is 11.3 Å². The highest BCUT2D eigenvalue weighted by Crippen LogP contribution is 2.18. The van der Waals surface area contributed by atoms with Crippen molar-refractivity contribution in [1.29, 1.82) is 0 Å². The summed E-state index contributed by atoms with van der Waals surface area (Å²) in [5.74, 6) is 0. The Bertz CT molecular complexity index is 408. The minimum atomic E-state index is -0.0203. The molecule has 0 radical (unpaired) electrons. The summed E-state index contributed by atoms with van der Waals surface area (Å²) in [5.41, 5.74) is 0.889. The minimum absolute atomic E-state index is 0.0203. The maximum Gasteiger partial charge on any atom is 0.281 e. The number of thiophene rings is 1. The Labute approximate surface area is 60.7 Å². The van der Waals surface area contributed by atoms with Crippen molar-refractivity contribution in [3.05, 3.63) is 21.3 Å². The van der Waals surface area contributed by atoms with Gasteiger partial charge < -0.3 is 0 Å². The zero-order valence-corrected chi connectivity index (χ0v) is 6.21. The highest BCUT2D eigenvalue weighted by Gasteiger charge is 2.02. The van der Waals surface area contributed by atoms with Crippen molar-refractivity contribution in [2.75, 3.05) is 0 Å². The number of aromatic nitrogens is 2. The number of fused-ring (bicyclic) bond motifs is 1. The minimum Gasteiger partial charge on any atom is -0.297 e. The van der Waals surface area contributed by atoms with E-state index >= 15 is 0 Å². The first-order valence-electron chi connectivity index (χ1n) is 2.94. The number of hydrogen-bond acceptors (Lipinski definition) is 2. The first-order chi connectivity index (χ1) is 4.77. The molecule has 0 bridgehead atoms. The Kier molecular flexibility index (Phi) is 0.990. The van der Waals surface area contributed by atoms with Crippen LogP contribution in [0, 0.1) is 6.92 Å². The van der Waals surface area contributed by atoms with Crippen LogP contribution in [0.1, 0.15) is 4.88 Å². The molecule has 2 N–H and O–H groups in total. The van der Waals surface area contributed by atoms with Gasteiger partial charge in [0.15, 0.2) is 0 Å². The molecule has 0 unspecified atom stereocenters. The van der Waals surface area contributed by atoms with Gasteiger partial charge in [0.05, 0.1) is 5.52 Å². The maximum absolute atomic E-state index is 10.9. The van der Waals surface area contributed by atoms with E-state index in [1.807, 2.05) is 13.0 Å². The van der Waals surface area contributed by atoms with Crippen molar-refractivity contribution in [3.63, 3.8) is 0 Å². The summed E-state index contributed by atoms with van der Waals surface area (Å²) in [6.07, 6.45) is 0. The van der Waals surface area contributed by atoms with Gasteiger partial charge >= 0.3 is 0 Å². The summed E-state index contributed by atoms with van der Waals surface area (Å²) >= 11 is 1.51. The van der Waals surface area contributed by atoms with Crippen LogP contribution in [0.25, 0.3) is 10.2 Å². The first kappa shape index (κ1) is 5.73. The highest BCUT2D eigenvalue weighted by atomic mass is 32.1. The van der Waals surface area contributed by atoms with E-state index in [4.69, 9.17) is 0 Å². The molecule has 0 fully saturated rings. The van der Waals surface area contributed by atoms with Crippen molar-refractivity contribution in [2.24, 2.45) is 0 Å². The van der Waals surface area contributed by atoms with Gasteiger partial charge in [0.2, 0.25) is 0 Å². The van der Waals surface area contributed by atoms with E-state index < -0.39 is 0 Å². The van der Waals surface area contributed by atoms with Crippen LogP contribution in [-0.4, -0.2) is 10.2 Å². The van der Waals surface area contributed by atoms with Crippen molar-refractivity contribution in [3.8, 4) is 0 Å². The number of hydrogen-bond donors (Lipinski definition) is 2. The SMILES string of the molecule is Cc1cc2[nH][nH]c(=O)c2s1. The van der Waals surface area contributed by atoms with Crippen LogP contribution in [0.3, 0.4) is 0 Å². The molecule has 2 aromatic rings. The quantitative estimate of drug-likeness (QED) is 0.589. The molecule has 0 saturated heterocycles. The molecular weight excluding hydrogens is 148 g/mol. The summed E-state index contributed by atoms with van der Waals surface area (Å²) in [7, 11) is 0. The normalized spacial score (nSPS) is 10.9. The predicted octanol–water partition coefficient (Wildman–Crippen LogP) is 1.23. The molecule has 0 aliphatic carbocycles. The van der Waals surface area contributed by atoms with E-state index in [1.54, 1.807) is 0 Å². The highest BCUT2D eigenvalue weighted by molar-refractivity contribution is 7.18. The molecule has 0 aliphatic rings. The molecule has 2 rings (SSSR count). The zero-order valence-electron chi connectivity index (χ0n) is 5.39. The van der Waals surface area contributed by atoms with Crippen molar-refractivity contribution in [1.82, 2.24) is 10.2 Å². The lowest BCUT2D eigenvalue weighted by molar-refractivity contribution is 1.08. The van der Waals surface area contributed by atoms with E-state index in [0.717, 1.165) is 15.1 Å². The summed E-state index contributed by atoms with van der Waals surface area (Å²) in [6.45, 7) is 1.98. The van der Waals surface area contributed by atoms with E-state index in [0.29, 0.717) is 0 Å². The Morgan fingerprint density at radius 1 is 1.50 bits per heavy atom. The van der Waals surface area contributed by atoms with Crippen LogP contribution in [0.2, 0.25) is 0 Å². The molecule has 0 amide bonds. The third kappa shape index (κ3) is 0.623. The molecule has 0 saturated carbocycles. The van der Waals surface area contributed by atoms with Crippen LogP contribution in [-0.2, 0) is 0 Å². The molecule has 4 heteroatoms. The Hall–Kier alpha value is -1.03. The fourth-order valence-corrected chi connectivity index (χ4v) is 1.82. The standard InChI is InChI=1S/C6H6N2OS/c1-3-2-4-5(10-3)6(9)8-7-4/h2H,1H3,(H2,7,8,9). The topological polar surface area (TPSA) is 48.6 Å². The molecule has 0 aromatic carbocycles. The molecule has 52 valence electrons. The van der Waals surface area contributed by atoms with Gasteiger partial charge in [-0.05, 0) is 13.0 Å². The molecule has 10 heavy (non-hydrogen) atoms. The first-order valence-corrected chi connectivity index (χ1v) is 3.76. The third-order valence-corrected chi connectivity index (χ3v) is 2.42. The fourth-order valence-electron chi connectivity index (χ4n) is 0.957. The molecule has 0 spiro atoms.